The largest absolute Gasteiger partial charge is 0.345 e. The van der Waals surface area contributed by atoms with Gasteiger partial charge in [0.1, 0.15) is 0 Å². The normalized spacial score (nSPS) is 12.5. The Morgan fingerprint density at radius 2 is 1.81 bits per heavy atom. The number of amides is 1. The number of ketones is 1. The van der Waals surface area contributed by atoms with Crippen LogP contribution in [0.3, 0.4) is 0 Å². The van der Waals surface area contributed by atoms with E-state index >= 15 is 0 Å². The van der Waals surface area contributed by atoms with Gasteiger partial charge in [-0.2, -0.15) is 0 Å². The van der Waals surface area contributed by atoms with Gasteiger partial charge in [-0.25, -0.2) is 0 Å². The van der Waals surface area contributed by atoms with Gasteiger partial charge >= 0.3 is 0 Å². The van der Waals surface area contributed by atoms with Gasteiger partial charge in [0.05, 0.1) is 12.6 Å². The summed E-state index contributed by atoms with van der Waals surface area (Å²) in [7, 11) is 0. The fourth-order valence-electron chi connectivity index (χ4n) is 2.28. The molecule has 1 rings (SSSR count). The molecule has 0 aromatic heterocycles. The van der Waals surface area contributed by atoms with Gasteiger partial charge in [0.15, 0.2) is 5.78 Å². The van der Waals surface area contributed by atoms with E-state index in [0.29, 0.717) is 6.54 Å². The number of carbonyl (C=O) groups excluding carboxylic acids is 2. The van der Waals surface area contributed by atoms with E-state index in [1.54, 1.807) is 0 Å². The number of hydrogen-bond donors (Lipinski definition) is 1. The third kappa shape index (κ3) is 6.08. The molecule has 4 nitrogen and oxygen atoms in total. The Morgan fingerprint density at radius 3 is 2.29 bits per heavy atom. The number of rotatable bonds is 8. The topological polar surface area (TPSA) is 49.4 Å². The molecule has 0 aliphatic heterocycles. The molecule has 0 aliphatic carbocycles. The van der Waals surface area contributed by atoms with E-state index < -0.39 is 6.04 Å². The van der Waals surface area contributed by atoms with Gasteiger partial charge in [-0.15, -0.1) is 0 Å². The van der Waals surface area contributed by atoms with E-state index in [9.17, 15) is 9.59 Å². The van der Waals surface area contributed by atoms with Crippen molar-refractivity contribution >= 4 is 11.7 Å². The number of likely N-dealkylation sites (N-methyl/N-ethyl adjacent to an activating group) is 1. The van der Waals surface area contributed by atoms with Crippen molar-refractivity contribution in [3.05, 3.63) is 35.9 Å². The van der Waals surface area contributed by atoms with Crippen molar-refractivity contribution in [2.75, 3.05) is 13.1 Å². The number of nitrogens with one attached hydrogen (secondary N) is 1. The summed E-state index contributed by atoms with van der Waals surface area (Å²) in [5, 5.41) is 2.84. The predicted octanol–water partition coefficient (Wildman–Crippen LogP) is 2.24. The van der Waals surface area contributed by atoms with Crippen molar-refractivity contribution in [3.8, 4) is 0 Å². The van der Waals surface area contributed by atoms with Gasteiger partial charge in [-0.3, -0.25) is 14.5 Å². The number of carbonyl (C=O) groups is 2. The Kier molecular flexibility index (Phi) is 7.09. The average Bonchev–Trinajstić information content (AvgIpc) is 2.44. The summed E-state index contributed by atoms with van der Waals surface area (Å²) >= 11 is 0. The first kappa shape index (κ1) is 17.4. The number of hydrogen-bond acceptors (Lipinski definition) is 3. The fraction of sp³-hybridized carbons (Fsp3) is 0.529. The molecule has 1 aromatic carbocycles. The molecule has 4 heteroatoms. The van der Waals surface area contributed by atoms with Crippen LogP contribution in [0.4, 0.5) is 0 Å². The summed E-state index contributed by atoms with van der Waals surface area (Å²) in [6.07, 6.45) is 0. The highest BCUT2D eigenvalue weighted by Crippen LogP contribution is 2.05. The number of nitrogens with zero attached hydrogens (tertiary/aromatic N) is 1. The first-order valence-corrected chi connectivity index (χ1v) is 7.50. The lowest BCUT2D eigenvalue weighted by molar-refractivity contribution is -0.128. The summed E-state index contributed by atoms with van der Waals surface area (Å²) in [5.41, 5.74) is 1.18. The minimum atomic E-state index is -0.395. The molecule has 116 valence electrons. The van der Waals surface area contributed by atoms with E-state index in [0.717, 1.165) is 13.1 Å². The summed E-state index contributed by atoms with van der Waals surface area (Å²) in [4.78, 5) is 25.7. The van der Waals surface area contributed by atoms with Crippen molar-refractivity contribution in [2.45, 2.75) is 40.3 Å². The first-order valence-electron chi connectivity index (χ1n) is 7.50. The molecule has 0 radical (unpaired) electrons. The average molecular weight is 290 g/mol. The summed E-state index contributed by atoms with van der Waals surface area (Å²) in [6, 6.07) is 9.67. The van der Waals surface area contributed by atoms with Gasteiger partial charge in [0, 0.05) is 6.54 Å². The van der Waals surface area contributed by atoms with Gasteiger partial charge in [0.25, 0.3) is 0 Å². The lowest BCUT2D eigenvalue weighted by Crippen LogP contribution is -2.47. The Balaban J connectivity index is 2.56. The minimum absolute atomic E-state index is 0.00413. The second-order valence-electron chi connectivity index (χ2n) is 5.69. The van der Waals surface area contributed by atoms with Crippen molar-refractivity contribution in [1.29, 1.82) is 0 Å². The van der Waals surface area contributed by atoms with Crippen molar-refractivity contribution in [1.82, 2.24) is 10.2 Å². The maximum atomic E-state index is 12.1. The monoisotopic (exact) mass is 290 g/mol. The predicted molar refractivity (Wildman–Crippen MR) is 84.8 cm³/mol. The molecule has 0 heterocycles. The molecule has 1 amide bonds. The molecule has 1 unspecified atom stereocenters. The molecule has 0 fully saturated rings. The highest BCUT2D eigenvalue weighted by atomic mass is 16.2. The van der Waals surface area contributed by atoms with Gasteiger partial charge < -0.3 is 5.32 Å². The third-order valence-corrected chi connectivity index (χ3v) is 3.48. The van der Waals surface area contributed by atoms with Gasteiger partial charge in [0.2, 0.25) is 5.91 Å². The van der Waals surface area contributed by atoms with Crippen molar-refractivity contribution in [3.63, 3.8) is 0 Å². The van der Waals surface area contributed by atoms with Crippen LogP contribution in [-0.4, -0.2) is 35.7 Å². The van der Waals surface area contributed by atoms with Crippen LogP contribution >= 0.6 is 0 Å². The smallest absolute Gasteiger partial charge is 0.234 e. The molecule has 0 bridgehead atoms. The van der Waals surface area contributed by atoms with Crippen LogP contribution < -0.4 is 5.32 Å². The van der Waals surface area contributed by atoms with E-state index in [-0.39, 0.29) is 17.6 Å². The van der Waals surface area contributed by atoms with Crippen LogP contribution in [0.25, 0.3) is 0 Å². The van der Waals surface area contributed by atoms with Crippen LogP contribution in [-0.2, 0) is 16.1 Å². The standard InChI is InChI=1S/C17H26N2O2/c1-5-19(11-15-9-7-6-8-10-15)12-16(21)18-17(13(2)3)14(4)20/h6-10,13,17H,5,11-12H2,1-4H3,(H,18,21). The molecule has 1 N–H and O–H groups in total. The molecule has 0 saturated heterocycles. The molecular weight excluding hydrogens is 264 g/mol. The zero-order chi connectivity index (χ0) is 15.8. The Bertz CT molecular complexity index is 457. The summed E-state index contributed by atoms with van der Waals surface area (Å²) in [5.74, 6) is 0.0155. The summed E-state index contributed by atoms with van der Waals surface area (Å²) in [6.45, 7) is 9.25. The Labute approximate surface area is 127 Å². The van der Waals surface area contributed by atoms with E-state index in [2.05, 4.69) is 10.2 Å². The fourth-order valence-corrected chi connectivity index (χ4v) is 2.28. The van der Waals surface area contributed by atoms with Crippen LogP contribution in [0.2, 0.25) is 0 Å². The number of Topliss-reactive ketones (excluding diaryl/α,β-unsaturated/α-hetero) is 1. The quantitative estimate of drug-likeness (QED) is 0.799. The minimum Gasteiger partial charge on any atom is -0.345 e. The van der Waals surface area contributed by atoms with Crippen molar-refractivity contribution < 1.29 is 9.59 Å². The molecule has 1 aromatic rings. The van der Waals surface area contributed by atoms with Gasteiger partial charge in [-0.1, -0.05) is 51.1 Å². The summed E-state index contributed by atoms with van der Waals surface area (Å²) < 4.78 is 0. The van der Waals surface area contributed by atoms with E-state index in [1.807, 2.05) is 51.1 Å². The molecule has 0 aliphatic rings. The zero-order valence-electron chi connectivity index (χ0n) is 13.4. The van der Waals surface area contributed by atoms with Crippen LogP contribution in [0, 0.1) is 5.92 Å². The maximum absolute atomic E-state index is 12.1. The molecular formula is C17H26N2O2. The van der Waals surface area contributed by atoms with Crippen molar-refractivity contribution in [2.24, 2.45) is 5.92 Å². The molecule has 0 saturated carbocycles. The maximum Gasteiger partial charge on any atom is 0.234 e. The van der Waals surface area contributed by atoms with Crippen LogP contribution in [0.15, 0.2) is 30.3 Å². The highest BCUT2D eigenvalue weighted by molar-refractivity contribution is 5.88. The van der Waals surface area contributed by atoms with Crippen LogP contribution in [0.1, 0.15) is 33.3 Å². The molecule has 21 heavy (non-hydrogen) atoms. The third-order valence-electron chi connectivity index (χ3n) is 3.48. The SMILES string of the molecule is CCN(CC(=O)NC(C(C)=O)C(C)C)Cc1ccccc1. The second kappa shape index (κ2) is 8.57. The lowest BCUT2D eigenvalue weighted by Gasteiger charge is -2.23. The zero-order valence-corrected chi connectivity index (χ0v) is 13.4. The Morgan fingerprint density at radius 1 is 1.19 bits per heavy atom. The van der Waals surface area contributed by atoms with Gasteiger partial charge in [-0.05, 0) is 24.9 Å². The Hall–Kier alpha value is -1.68. The second-order valence-corrected chi connectivity index (χ2v) is 5.69. The number of benzene rings is 1. The lowest BCUT2D eigenvalue weighted by atomic mass is 10.0. The van der Waals surface area contributed by atoms with E-state index in [1.165, 1.54) is 12.5 Å². The molecule has 0 spiro atoms. The first-order chi connectivity index (χ1) is 9.93. The van der Waals surface area contributed by atoms with Crippen LogP contribution in [0.5, 0.6) is 0 Å². The highest BCUT2D eigenvalue weighted by Gasteiger charge is 2.21. The van der Waals surface area contributed by atoms with E-state index in [4.69, 9.17) is 0 Å². The molecule has 1 atom stereocenters.